The maximum Gasteiger partial charge on any atom is 0.272 e. The summed E-state index contributed by atoms with van der Waals surface area (Å²) < 4.78 is 0. The molecule has 0 heterocycles. The van der Waals surface area contributed by atoms with Crippen LogP contribution in [0.1, 0.15) is 11.1 Å². The first-order chi connectivity index (χ1) is 6.66. The van der Waals surface area contributed by atoms with E-state index in [-0.39, 0.29) is 12.2 Å². The van der Waals surface area contributed by atoms with E-state index in [1.807, 2.05) is 0 Å². The molecular formula is C8H8N4O2. The minimum absolute atomic E-state index is 0.00241. The molecule has 0 amide bonds. The molecule has 0 unspecified atom stereocenters. The Morgan fingerprint density at radius 2 is 2.36 bits per heavy atom. The molecule has 0 N–H and O–H groups in total. The van der Waals surface area contributed by atoms with Crippen LogP contribution in [0.4, 0.5) is 5.69 Å². The number of rotatable bonds is 3. The highest BCUT2D eigenvalue weighted by Gasteiger charge is 2.13. The number of aryl methyl sites for hydroxylation is 1. The van der Waals surface area contributed by atoms with Crippen LogP contribution >= 0.6 is 0 Å². The standard InChI is InChI=1S/C8H8N4O2/c1-6-3-2-4-8(12(13)14)7(6)5-10-11-9/h2-4H,5H2,1H3. The van der Waals surface area contributed by atoms with E-state index in [9.17, 15) is 10.1 Å². The lowest BCUT2D eigenvalue weighted by Crippen LogP contribution is -1.96. The fourth-order valence-corrected chi connectivity index (χ4v) is 1.17. The van der Waals surface area contributed by atoms with E-state index < -0.39 is 4.92 Å². The van der Waals surface area contributed by atoms with Gasteiger partial charge in [-0.25, -0.2) is 0 Å². The molecule has 0 saturated heterocycles. The maximum atomic E-state index is 10.6. The van der Waals surface area contributed by atoms with Crippen LogP contribution < -0.4 is 0 Å². The van der Waals surface area contributed by atoms with E-state index in [1.165, 1.54) is 6.07 Å². The summed E-state index contributed by atoms with van der Waals surface area (Å²) >= 11 is 0. The second-order valence-corrected chi connectivity index (χ2v) is 2.72. The zero-order valence-corrected chi connectivity index (χ0v) is 7.54. The summed E-state index contributed by atoms with van der Waals surface area (Å²) in [6.07, 6.45) is 0. The summed E-state index contributed by atoms with van der Waals surface area (Å²) in [5.74, 6) is 0. The van der Waals surface area contributed by atoms with E-state index in [0.29, 0.717) is 5.56 Å². The van der Waals surface area contributed by atoms with Gasteiger partial charge in [-0.1, -0.05) is 17.2 Å². The number of azide groups is 1. The van der Waals surface area contributed by atoms with Gasteiger partial charge in [0.15, 0.2) is 0 Å². The molecule has 0 saturated carbocycles. The van der Waals surface area contributed by atoms with Crippen LogP contribution in [0.15, 0.2) is 23.3 Å². The molecule has 6 heteroatoms. The first-order valence-corrected chi connectivity index (χ1v) is 3.90. The first kappa shape index (κ1) is 10.0. The van der Waals surface area contributed by atoms with E-state index in [1.54, 1.807) is 19.1 Å². The highest BCUT2D eigenvalue weighted by molar-refractivity contribution is 5.44. The number of nitro groups is 1. The highest BCUT2D eigenvalue weighted by atomic mass is 16.6. The van der Waals surface area contributed by atoms with Crippen LogP contribution in [0.25, 0.3) is 10.4 Å². The molecule has 0 atom stereocenters. The van der Waals surface area contributed by atoms with E-state index in [0.717, 1.165) is 5.56 Å². The zero-order chi connectivity index (χ0) is 10.6. The van der Waals surface area contributed by atoms with Gasteiger partial charge in [0.1, 0.15) is 0 Å². The quantitative estimate of drug-likeness (QED) is 0.242. The predicted molar refractivity (Wildman–Crippen MR) is 50.7 cm³/mol. The Morgan fingerprint density at radius 1 is 1.64 bits per heavy atom. The van der Waals surface area contributed by atoms with Gasteiger partial charge in [-0.15, -0.1) is 0 Å². The fourth-order valence-electron chi connectivity index (χ4n) is 1.17. The summed E-state index contributed by atoms with van der Waals surface area (Å²) in [5, 5.41) is 13.9. The van der Waals surface area contributed by atoms with Gasteiger partial charge in [-0.05, 0) is 18.0 Å². The Hall–Kier alpha value is -2.07. The molecule has 0 aliphatic carbocycles. The fraction of sp³-hybridized carbons (Fsp3) is 0.250. The van der Waals surface area contributed by atoms with Gasteiger partial charge in [0, 0.05) is 16.5 Å². The summed E-state index contributed by atoms with van der Waals surface area (Å²) in [4.78, 5) is 12.7. The topological polar surface area (TPSA) is 91.9 Å². The summed E-state index contributed by atoms with van der Waals surface area (Å²) in [7, 11) is 0. The summed E-state index contributed by atoms with van der Waals surface area (Å²) in [5.41, 5.74) is 9.36. The lowest BCUT2D eigenvalue weighted by molar-refractivity contribution is -0.385. The third-order valence-electron chi connectivity index (χ3n) is 1.87. The van der Waals surface area contributed by atoms with Crippen molar-refractivity contribution >= 4 is 5.69 Å². The van der Waals surface area contributed by atoms with E-state index >= 15 is 0 Å². The molecule has 1 rings (SSSR count). The van der Waals surface area contributed by atoms with Crippen molar-refractivity contribution in [1.29, 1.82) is 0 Å². The van der Waals surface area contributed by atoms with Crippen molar-refractivity contribution in [2.75, 3.05) is 0 Å². The average Bonchev–Trinajstić information content (AvgIpc) is 2.15. The minimum Gasteiger partial charge on any atom is -0.258 e. The lowest BCUT2D eigenvalue weighted by Gasteiger charge is -2.02. The third-order valence-corrected chi connectivity index (χ3v) is 1.87. The van der Waals surface area contributed by atoms with Gasteiger partial charge < -0.3 is 0 Å². The molecule has 0 spiro atoms. The van der Waals surface area contributed by atoms with Gasteiger partial charge in [0.05, 0.1) is 11.5 Å². The molecule has 0 aliphatic heterocycles. The predicted octanol–water partition coefficient (Wildman–Crippen LogP) is 2.71. The van der Waals surface area contributed by atoms with Crippen molar-refractivity contribution < 1.29 is 4.92 Å². The van der Waals surface area contributed by atoms with Crippen molar-refractivity contribution in [2.45, 2.75) is 13.5 Å². The highest BCUT2D eigenvalue weighted by Crippen LogP contribution is 2.22. The van der Waals surface area contributed by atoms with Crippen molar-refractivity contribution in [2.24, 2.45) is 5.11 Å². The third kappa shape index (κ3) is 1.99. The molecule has 0 aromatic heterocycles. The Kier molecular flexibility index (Phi) is 3.04. The van der Waals surface area contributed by atoms with E-state index in [4.69, 9.17) is 5.53 Å². The molecule has 0 radical (unpaired) electrons. The number of benzene rings is 1. The molecule has 6 nitrogen and oxygen atoms in total. The van der Waals surface area contributed by atoms with Gasteiger partial charge in [-0.3, -0.25) is 10.1 Å². The second-order valence-electron chi connectivity index (χ2n) is 2.72. The molecule has 1 aromatic rings. The Labute approximate surface area is 79.9 Å². The molecule has 72 valence electrons. The zero-order valence-electron chi connectivity index (χ0n) is 7.54. The van der Waals surface area contributed by atoms with Gasteiger partial charge >= 0.3 is 0 Å². The minimum atomic E-state index is -0.477. The average molecular weight is 192 g/mol. The van der Waals surface area contributed by atoms with Crippen LogP contribution in [-0.4, -0.2) is 4.92 Å². The molecular weight excluding hydrogens is 184 g/mol. The number of nitrogens with zero attached hydrogens (tertiary/aromatic N) is 4. The molecule has 14 heavy (non-hydrogen) atoms. The smallest absolute Gasteiger partial charge is 0.258 e. The largest absolute Gasteiger partial charge is 0.272 e. The van der Waals surface area contributed by atoms with Crippen molar-refractivity contribution in [3.63, 3.8) is 0 Å². The van der Waals surface area contributed by atoms with Gasteiger partial charge in [-0.2, -0.15) is 0 Å². The van der Waals surface area contributed by atoms with Crippen molar-refractivity contribution in [3.05, 3.63) is 49.9 Å². The summed E-state index contributed by atoms with van der Waals surface area (Å²) in [6.45, 7) is 1.76. The van der Waals surface area contributed by atoms with Gasteiger partial charge in [0.25, 0.3) is 5.69 Å². The second kappa shape index (κ2) is 4.25. The normalized spacial score (nSPS) is 9.21. The Bertz CT molecular complexity index is 410. The monoisotopic (exact) mass is 192 g/mol. The van der Waals surface area contributed by atoms with Crippen LogP contribution in [0.3, 0.4) is 0 Å². The Morgan fingerprint density at radius 3 is 2.93 bits per heavy atom. The number of hydrogen-bond donors (Lipinski definition) is 0. The number of hydrogen-bond acceptors (Lipinski definition) is 3. The maximum absolute atomic E-state index is 10.6. The molecule has 0 bridgehead atoms. The van der Waals surface area contributed by atoms with Crippen molar-refractivity contribution in [3.8, 4) is 0 Å². The van der Waals surface area contributed by atoms with Gasteiger partial charge in [0.2, 0.25) is 0 Å². The summed E-state index contributed by atoms with van der Waals surface area (Å²) in [6, 6.07) is 4.75. The Balaban J connectivity index is 3.21. The molecule has 0 aliphatic rings. The SMILES string of the molecule is Cc1cccc([N+](=O)[O-])c1CN=[N+]=[N-]. The van der Waals surface area contributed by atoms with Crippen LogP contribution in [0, 0.1) is 17.0 Å². The van der Waals surface area contributed by atoms with E-state index in [2.05, 4.69) is 10.0 Å². The van der Waals surface area contributed by atoms with Crippen LogP contribution in [-0.2, 0) is 6.54 Å². The number of nitro benzene ring substituents is 1. The van der Waals surface area contributed by atoms with Crippen molar-refractivity contribution in [1.82, 2.24) is 0 Å². The first-order valence-electron chi connectivity index (χ1n) is 3.90. The van der Waals surface area contributed by atoms with Crippen LogP contribution in [0.5, 0.6) is 0 Å². The molecule has 1 aromatic carbocycles. The van der Waals surface area contributed by atoms with Crippen LogP contribution in [0.2, 0.25) is 0 Å². The lowest BCUT2D eigenvalue weighted by atomic mass is 10.1. The molecule has 0 fully saturated rings.